The number of nitrogens with zero attached hydrogens (tertiary/aromatic N) is 9. The van der Waals surface area contributed by atoms with E-state index in [2.05, 4.69) is 36.7 Å². The molecule has 4 aliphatic rings. The molecule has 6 aromatic rings. The van der Waals surface area contributed by atoms with E-state index in [0.29, 0.717) is 39.6 Å². The Bertz CT molecular complexity index is 3150. The summed E-state index contributed by atoms with van der Waals surface area (Å²) in [5.41, 5.74) is 5.57. The highest BCUT2D eigenvalue weighted by atomic mass is 35.5. The number of halogens is 3. The summed E-state index contributed by atoms with van der Waals surface area (Å²) in [5, 5.41) is 13.8. The molecule has 2 atom stereocenters. The van der Waals surface area contributed by atoms with Gasteiger partial charge in [0.25, 0.3) is 11.8 Å². The molecule has 0 radical (unpaired) electrons. The summed E-state index contributed by atoms with van der Waals surface area (Å²) >= 11 is 18.5. The molecule has 4 aliphatic heterocycles. The maximum absolute atomic E-state index is 13.7. The van der Waals surface area contributed by atoms with Crippen LogP contribution < -0.4 is 19.7 Å². The molecule has 3 N–H and O–H groups in total. The third-order valence-corrected chi connectivity index (χ3v) is 15.3. The van der Waals surface area contributed by atoms with E-state index < -0.39 is 20.0 Å². The first-order valence-electron chi connectivity index (χ1n) is 24.8. The minimum atomic E-state index is -3.57. The van der Waals surface area contributed by atoms with E-state index in [4.69, 9.17) is 44.9 Å². The topological polar surface area (TPSA) is 209 Å². The molecule has 0 saturated carbocycles. The van der Waals surface area contributed by atoms with Crippen LogP contribution in [0.15, 0.2) is 60.9 Å². The van der Waals surface area contributed by atoms with Crippen LogP contribution in [-0.2, 0) is 20.0 Å². The number of hydrogen-bond donors (Lipinski definition) is 3. The van der Waals surface area contributed by atoms with Crippen LogP contribution in [0.25, 0.3) is 11.3 Å². The van der Waals surface area contributed by atoms with Gasteiger partial charge in [-0.05, 0) is 134 Å². The molecule has 18 nitrogen and oxygen atoms in total. The van der Waals surface area contributed by atoms with Gasteiger partial charge in [-0.2, -0.15) is 10.2 Å². The van der Waals surface area contributed by atoms with E-state index in [1.807, 2.05) is 25.3 Å². The summed E-state index contributed by atoms with van der Waals surface area (Å²) in [6.07, 6.45) is 18.9. The summed E-state index contributed by atoms with van der Waals surface area (Å²) in [4.78, 5) is 42.4. The molecular formula is C50H63Cl3N12O6S2. The second-order valence-corrected chi connectivity index (χ2v) is 23.9. The van der Waals surface area contributed by atoms with E-state index in [-0.39, 0.29) is 46.4 Å². The van der Waals surface area contributed by atoms with Gasteiger partial charge in [-0.1, -0.05) is 41.2 Å². The highest BCUT2D eigenvalue weighted by Gasteiger charge is 2.34. The van der Waals surface area contributed by atoms with Gasteiger partial charge in [-0.15, -0.1) is 0 Å². The standard InChI is InChI=1S/C25H31ClN6O3S.C20H21Cl2N5O3S.C5H11N/c1-17-16-32-23(27-24(17)30-11-5-3-6-12-30)15-21(28-32)22-8-4-7-13-31(22)25(33)19-14-18(26)9-10-20(19)29-36(2,34)35;1-12-11-27-18(23-19(12)22)10-16(24-27)17-5-3-4-8-26(17)20(28)14-9-13(21)6-7-15(14)25-31(2,29)30;1-2-4-6-5-3-1/h9-10,14-16,22,29H,3-8,11-13H2,1-2H3;6-7,9-11,17,25H,3-5,8H2,1-2H3;6H,1-5H2/t22-;17-;/m00./s1. The molecule has 0 bridgehead atoms. The number of carbonyl (C=O) groups excluding carboxylic acids is 2. The van der Waals surface area contributed by atoms with Gasteiger partial charge in [-0.3, -0.25) is 19.0 Å². The van der Waals surface area contributed by atoms with Crippen molar-refractivity contribution in [1.29, 1.82) is 0 Å². The Morgan fingerprint density at radius 3 is 1.49 bits per heavy atom. The smallest absolute Gasteiger partial charge is 0.256 e. The molecule has 0 unspecified atom stereocenters. The van der Waals surface area contributed by atoms with Gasteiger partial charge in [0.15, 0.2) is 11.3 Å². The van der Waals surface area contributed by atoms with E-state index in [0.717, 1.165) is 92.4 Å². The van der Waals surface area contributed by atoms with Crippen LogP contribution in [0.2, 0.25) is 15.2 Å². The van der Waals surface area contributed by atoms with E-state index >= 15 is 0 Å². The third kappa shape index (κ3) is 13.7. The lowest BCUT2D eigenvalue weighted by molar-refractivity contribution is 0.0600. The average molecular weight is 1100 g/mol. The monoisotopic (exact) mass is 1100 g/mol. The molecule has 2 amide bonds. The number of carbonyl (C=O) groups is 2. The molecule has 0 aliphatic carbocycles. The van der Waals surface area contributed by atoms with Gasteiger partial charge in [0.2, 0.25) is 20.0 Å². The predicted octanol–water partition coefficient (Wildman–Crippen LogP) is 9.26. The zero-order valence-corrected chi connectivity index (χ0v) is 45.5. The summed E-state index contributed by atoms with van der Waals surface area (Å²) in [6.45, 7) is 9.51. The average Bonchev–Trinajstić information content (AvgIpc) is 3.98. The number of hydrogen-bond acceptors (Lipinski definition) is 12. The SMILES string of the molecule is C1CCNCC1.Cc1cn2nc([C@@H]3CCCCN3C(=O)c3cc(Cl)ccc3NS(C)(=O)=O)cc2nc1Cl.Cc1cn2nc([C@@H]3CCCCN3C(=O)c3cc(Cl)ccc3NS(C)(=O)=O)cc2nc1N1CCCCC1. The van der Waals surface area contributed by atoms with Gasteiger partial charge < -0.3 is 20.0 Å². The summed E-state index contributed by atoms with van der Waals surface area (Å²) in [7, 11) is -7.14. The number of piperidine rings is 4. The molecule has 4 saturated heterocycles. The van der Waals surface area contributed by atoms with Gasteiger partial charge in [0.05, 0.1) is 58.5 Å². The minimum Gasteiger partial charge on any atom is -0.356 e. The minimum absolute atomic E-state index is 0.195. The second kappa shape index (κ2) is 23.5. The highest BCUT2D eigenvalue weighted by molar-refractivity contribution is 7.92. The summed E-state index contributed by atoms with van der Waals surface area (Å²) < 4.78 is 55.7. The fourth-order valence-corrected chi connectivity index (χ4v) is 11.5. The zero-order valence-electron chi connectivity index (χ0n) is 41.6. The molecule has 0 spiro atoms. The van der Waals surface area contributed by atoms with Gasteiger partial charge in [0, 0.05) is 71.9 Å². The Morgan fingerprint density at radius 1 is 0.589 bits per heavy atom. The summed E-state index contributed by atoms with van der Waals surface area (Å²) in [5.74, 6) is 0.418. The maximum Gasteiger partial charge on any atom is 0.256 e. The second-order valence-electron chi connectivity index (χ2n) is 19.2. The van der Waals surface area contributed by atoms with Crippen LogP contribution in [0.5, 0.6) is 0 Å². The summed E-state index contributed by atoms with van der Waals surface area (Å²) in [6, 6.07) is 12.4. The number of fused-ring (bicyclic) bond motifs is 2. The maximum atomic E-state index is 13.7. The molecule has 392 valence electrons. The third-order valence-electron chi connectivity index (χ3n) is 13.3. The Morgan fingerprint density at radius 2 is 1.04 bits per heavy atom. The number of likely N-dealkylation sites (tertiary alicyclic amines) is 2. The van der Waals surface area contributed by atoms with Crippen molar-refractivity contribution in [2.75, 3.05) is 66.1 Å². The first kappa shape index (κ1) is 54.0. The van der Waals surface area contributed by atoms with Crippen LogP contribution in [0.1, 0.15) is 132 Å². The Hall–Kier alpha value is -5.25. The number of rotatable bonds is 9. The van der Waals surface area contributed by atoms with E-state index in [1.54, 1.807) is 37.2 Å². The molecule has 2 aromatic carbocycles. The van der Waals surface area contributed by atoms with Crippen molar-refractivity contribution in [3.63, 3.8) is 0 Å². The van der Waals surface area contributed by atoms with Crippen molar-refractivity contribution in [2.45, 2.75) is 103 Å². The molecule has 8 heterocycles. The van der Waals surface area contributed by atoms with Crippen LogP contribution in [0.3, 0.4) is 0 Å². The van der Waals surface area contributed by atoms with Crippen molar-refractivity contribution in [2.24, 2.45) is 0 Å². The van der Waals surface area contributed by atoms with Crippen LogP contribution in [0.4, 0.5) is 17.2 Å². The fraction of sp³-hybridized carbons (Fsp3) is 0.480. The Kier molecular flexibility index (Phi) is 17.4. The highest BCUT2D eigenvalue weighted by Crippen LogP contribution is 2.36. The van der Waals surface area contributed by atoms with Crippen molar-refractivity contribution in [1.82, 2.24) is 44.3 Å². The quantitative estimate of drug-likeness (QED) is 0.116. The largest absolute Gasteiger partial charge is 0.356 e. The molecule has 10 rings (SSSR count). The molecule has 73 heavy (non-hydrogen) atoms. The van der Waals surface area contributed by atoms with Crippen molar-refractivity contribution < 1.29 is 26.4 Å². The molecular weight excluding hydrogens is 1040 g/mol. The van der Waals surface area contributed by atoms with Crippen LogP contribution in [0, 0.1) is 13.8 Å². The lowest BCUT2D eigenvalue weighted by atomic mass is 9.98. The van der Waals surface area contributed by atoms with E-state index in [9.17, 15) is 26.4 Å². The lowest BCUT2D eigenvalue weighted by Gasteiger charge is -2.35. The fourth-order valence-electron chi connectivity index (χ4n) is 9.82. The number of amides is 2. The number of benzene rings is 2. The van der Waals surface area contributed by atoms with Gasteiger partial charge in [-0.25, -0.2) is 35.8 Å². The van der Waals surface area contributed by atoms with E-state index in [1.165, 1.54) is 75.9 Å². The van der Waals surface area contributed by atoms with Crippen molar-refractivity contribution >= 4 is 95.2 Å². The van der Waals surface area contributed by atoms with Gasteiger partial charge in [0.1, 0.15) is 11.0 Å². The number of aromatic nitrogens is 6. The van der Waals surface area contributed by atoms with Crippen LogP contribution >= 0.6 is 34.8 Å². The zero-order chi connectivity index (χ0) is 52.0. The lowest BCUT2D eigenvalue weighted by Crippen LogP contribution is -2.39. The Balaban J connectivity index is 0.000000176. The molecule has 23 heteroatoms. The first-order chi connectivity index (χ1) is 34.8. The molecule has 4 aromatic heterocycles. The van der Waals surface area contributed by atoms with Gasteiger partial charge >= 0.3 is 0 Å². The van der Waals surface area contributed by atoms with Crippen molar-refractivity contribution in [3.8, 4) is 0 Å². The number of sulfonamides is 2. The Labute approximate surface area is 442 Å². The first-order valence-corrected chi connectivity index (χ1v) is 29.7. The van der Waals surface area contributed by atoms with Crippen LogP contribution in [-0.4, -0.2) is 119 Å². The predicted molar refractivity (Wildman–Crippen MR) is 288 cm³/mol. The normalized spacial score (nSPS) is 18.6. The van der Waals surface area contributed by atoms with Crippen molar-refractivity contribution in [3.05, 3.63) is 110 Å². The number of aryl methyl sites for hydroxylation is 2. The molecule has 4 fully saturated rings. The number of anilines is 3. The number of nitrogens with one attached hydrogen (secondary N) is 3.